The Hall–Kier alpha value is -1.30. The Morgan fingerprint density at radius 2 is 2.05 bits per heavy atom. The first-order valence-corrected chi connectivity index (χ1v) is 7.99. The molecule has 5 nitrogen and oxygen atoms in total. The molecule has 0 bridgehead atoms. The smallest absolute Gasteiger partial charge is 0.322 e. The number of rotatable bonds is 5. The van der Waals surface area contributed by atoms with Crippen molar-refractivity contribution in [3.05, 3.63) is 29.3 Å². The van der Waals surface area contributed by atoms with E-state index in [2.05, 4.69) is 10.2 Å². The van der Waals surface area contributed by atoms with Crippen molar-refractivity contribution in [1.82, 2.24) is 9.80 Å². The molecular weight excluding hydrogens is 302 g/mol. The molecule has 1 aliphatic rings. The first-order chi connectivity index (χ1) is 10.6. The maximum atomic E-state index is 12.6. The van der Waals surface area contributed by atoms with Gasteiger partial charge in [-0.05, 0) is 45.1 Å². The highest BCUT2D eigenvalue weighted by Crippen LogP contribution is 2.18. The Kier molecular flexibility index (Phi) is 6.49. The minimum atomic E-state index is -0.0731. The number of amides is 2. The molecular formula is C16H24ClN3O2. The van der Waals surface area contributed by atoms with Crippen molar-refractivity contribution in [2.75, 3.05) is 45.7 Å². The van der Waals surface area contributed by atoms with Gasteiger partial charge in [0.05, 0.1) is 0 Å². The highest BCUT2D eigenvalue weighted by Gasteiger charge is 2.25. The van der Waals surface area contributed by atoms with E-state index >= 15 is 0 Å². The van der Waals surface area contributed by atoms with Crippen LogP contribution in [0.1, 0.15) is 12.8 Å². The van der Waals surface area contributed by atoms with E-state index in [-0.39, 0.29) is 12.1 Å². The number of urea groups is 1. The largest absolute Gasteiger partial charge is 0.381 e. The van der Waals surface area contributed by atoms with Crippen molar-refractivity contribution in [3.8, 4) is 0 Å². The Labute approximate surface area is 137 Å². The van der Waals surface area contributed by atoms with Crippen LogP contribution in [0.15, 0.2) is 24.3 Å². The molecule has 0 atom stereocenters. The first-order valence-electron chi connectivity index (χ1n) is 7.62. The number of hydrogen-bond acceptors (Lipinski definition) is 3. The lowest BCUT2D eigenvalue weighted by Gasteiger charge is -2.35. The van der Waals surface area contributed by atoms with Crippen LogP contribution in [0.25, 0.3) is 0 Å². The predicted octanol–water partition coefficient (Wildman–Crippen LogP) is 2.91. The number of hydrogen-bond donors (Lipinski definition) is 1. The van der Waals surface area contributed by atoms with Crippen molar-refractivity contribution in [2.45, 2.75) is 18.9 Å². The average molecular weight is 326 g/mol. The molecule has 1 saturated heterocycles. The number of nitrogens with zero attached hydrogens (tertiary/aromatic N) is 2. The van der Waals surface area contributed by atoms with Crippen molar-refractivity contribution >= 4 is 23.3 Å². The summed E-state index contributed by atoms with van der Waals surface area (Å²) in [4.78, 5) is 16.7. The lowest BCUT2D eigenvalue weighted by atomic mass is 10.1. The molecule has 1 heterocycles. The minimum absolute atomic E-state index is 0.0731. The van der Waals surface area contributed by atoms with Gasteiger partial charge in [0.15, 0.2) is 0 Å². The van der Waals surface area contributed by atoms with Gasteiger partial charge in [-0.2, -0.15) is 0 Å². The number of halogens is 1. The number of carbonyl (C=O) groups excluding carboxylic acids is 1. The molecule has 1 aromatic rings. The standard InChI is InChI=1S/C16H24ClN3O2/c1-19(2)8-9-20(15-6-10-22-11-7-15)16(21)18-14-5-3-4-13(17)12-14/h3-5,12,15H,6-11H2,1-2H3,(H,18,21). The minimum Gasteiger partial charge on any atom is -0.381 e. The zero-order chi connectivity index (χ0) is 15.9. The number of nitrogens with one attached hydrogen (secondary N) is 1. The Bertz CT molecular complexity index is 490. The molecule has 0 saturated carbocycles. The van der Waals surface area contributed by atoms with Gasteiger partial charge in [-0.15, -0.1) is 0 Å². The summed E-state index contributed by atoms with van der Waals surface area (Å²) in [6.45, 7) is 2.96. The van der Waals surface area contributed by atoms with Crippen LogP contribution in [0, 0.1) is 0 Å². The van der Waals surface area contributed by atoms with Crippen LogP contribution in [0.4, 0.5) is 10.5 Å². The van der Waals surface area contributed by atoms with Crippen LogP contribution in [0.2, 0.25) is 5.02 Å². The van der Waals surface area contributed by atoms with E-state index in [1.165, 1.54) is 0 Å². The van der Waals surface area contributed by atoms with Crippen LogP contribution in [0.5, 0.6) is 0 Å². The van der Waals surface area contributed by atoms with Gasteiger partial charge in [0, 0.05) is 43.1 Å². The fourth-order valence-corrected chi connectivity index (χ4v) is 2.71. The maximum Gasteiger partial charge on any atom is 0.322 e. The first kappa shape index (κ1) is 17.1. The maximum absolute atomic E-state index is 12.6. The van der Waals surface area contributed by atoms with Gasteiger partial charge in [0.2, 0.25) is 0 Å². The monoisotopic (exact) mass is 325 g/mol. The van der Waals surface area contributed by atoms with E-state index in [4.69, 9.17) is 16.3 Å². The summed E-state index contributed by atoms with van der Waals surface area (Å²) >= 11 is 5.97. The fraction of sp³-hybridized carbons (Fsp3) is 0.562. The van der Waals surface area contributed by atoms with E-state index in [1.54, 1.807) is 12.1 Å². The quantitative estimate of drug-likeness (QED) is 0.905. The molecule has 0 aromatic heterocycles. The van der Waals surface area contributed by atoms with Crippen LogP contribution >= 0.6 is 11.6 Å². The third-order valence-corrected chi connectivity index (χ3v) is 3.99. The molecule has 0 radical (unpaired) electrons. The van der Waals surface area contributed by atoms with Gasteiger partial charge >= 0.3 is 6.03 Å². The second-order valence-corrected chi connectivity index (χ2v) is 6.22. The second kappa shape index (κ2) is 8.36. The molecule has 6 heteroatoms. The lowest BCUT2D eigenvalue weighted by molar-refractivity contribution is 0.0466. The number of anilines is 1. The highest BCUT2D eigenvalue weighted by molar-refractivity contribution is 6.30. The molecule has 1 aliphatic heterocycles. The van der Waals surface area contributed by atoms with Crippen LogP contribution in [-0.2, 0) is 4.74 Å². The van der Waals surface area contributed by atoms with Gasteiger partial charge in [-0.25, -0.2) is 4.79 Å². The number of likely N-dealkylation sites (N-methyl/N-ethyl adjacent to an activating group) is 1. The van der Waals surface area contributed by atoms with E-state index in [1.807, 2.05) is 31.1 Å². The van der Waals surface area contributed by atoms with Gasteiger partial charge in [-0.3, -0.25) is 0 Å². The molecule has 0 spiro atoms. The molecule has 1 fully saturated rings. The van der Waals surface area contributed by atoms with Crippen LogP contribution in [0.3, 0.4) is 0 Å². The summed E-state index contributed by atoms with van der Waals surface area (Å²) < 4.78 is 5.40. The topological polar surface area (TPSA) is 44.8 Å². The molecule has 0 unspecified atom stereocenters. The number of ether oxygens (including phenoxy) is 1. The van der Waals surface area contributed by atoms with Gasteiger partial charge in [-0.1, -0.05) is 17.7 Å². The Balaban J connectivity index is 2.03. The number of benzene rings is 1. The fourth-order valence-electron chi connectivity index (χ4n) is 2.52. The molecule has 0 aliphatic carbocycles. The van der Waals surface area contributed by atoms with Gasteiger partial charge in [0.25, 0.3) is 0 Å². The molecule has 2 amide bonds. The van der Waals surface area contributed by atoms with Crippen molar-refractivity contribution in [1.29, 1.82) is 0 Å². The zero-order valence-corrected chi connectivity index (χ0v) is 14.0. The van der Waals surface area contributed by atoms with E-state index in [0.29, 0.717) is 24.8 Å². The summed E-state index contributed by atoms with van der Waals surface area (Å²) in [6.07, 6.45) is 1.77. The summed E-state index contributed by atoms with van der Waals surface area (Å²) in [5, 5.41) is 3.56. The lowest BCUT2D eigenvalue weighted by Crippen LogP contribution is -2.48. The van der Waals surface area contributed by atoms with E-state index in [0.717, 1.165) is 25.1 Å². The zero-order valence-electron chi connectivity index (χ0n) is 13.2. The Morgan fingerprint density at radius 1 is 1.32 bits per heavy atom. The second-order valence-electron chi connectivity index (χ2n) is 5.78. The average Bonchev–Trinajstić information content (AvgIpc) is 2.48. The molecule has 1 N–H and O–H groups in total. The summed E-state index contributed by atoms with van der Waals surface area (Å²) in [5.41, 5.74) is 0.722. The molecule has 122 valence electrons. The summed E-state index contributed by atoms with van der Waals surface area (Å²) in [6, 6.07) is 7.38. The summed E-state index contributed by atoms with van der Waals surface area (Å²) in [5.74, 6) is 0. The van der Waals surface area contributed by atoms with E-state index in [9.17, 15) is 4.79 Å². The van der Waals surface area contributed by atoms with Crippen molar-refractivity contribution in [2.24, 2.45) is 0 Å². The molecule has 22 heavy (non-hydrogen) atoms. The molecule has 2 rings (SSSR count). The van der Waals surface area contributed by atoms with Gasteiger partial charge in [0.1, 0.15) is 0 Å². The predicted molar refractivity (Wildman–Crippen MR) is 89.6 cm³/mol. The van der Waals surface area contributed by atoms with Gasteiger partial charge < -0.3 is 19.9 Å². The SMILES string of the molecule is CN(C)CCN(C(=O)Nc1cccc(Cl)c1)C1CCOCC1. The summed E-state index contributed by atoms with van der Waals surface area (Å²) in [7, 11) is 4.02. The van der Waals surface area contributed by atoms with Crippen LogP contribution in [-0.4, -0.2) is 62.3 Å². The van der Waals surface area contributed by atoms with Crippen LogP contribution < -0.4 is 5.32 Å². The third-order valence-electron chi connectivity index (χ3n) is 3.76. The van der Waals surface area contributed by atoms with E-state index < -0.39 is 0 Å². The van der Waals surface area contributed by atoms with Crippen molar-refractivity contribution < 1.29 is 9.53 Å². The van der Waals surface area contributed by atoms with Crippen molar-refractivity contribution in [3.63, 3.8) is 0 Å². The number of carbonyl (C=O) groups is 1. The molecule has 1 aromatic carbocycles. The normalized spacial score (nSPS) is 15.8. The highest BCUT2D eigenvalue weighted by atomic mass is 35.5. The Morgan fingerprint density at radius 3 is 2.68 bits per heavy atom. The third kappa shape index (κ3) is 5.16.